The smallest absolute Gasteiger partial charge is 0.481 e. The van der Waals surface area contributed by atoms with Crippen LogP contribution in [-0.2, 0) is 16.0 Å². The van der Waals surface area contributed by atoms with E-state index in [0.717, 1.165) is 5.69 Å². The van der Waals surface area contributed by atoms with Gasteiger partial charge in [-0.2, -0.15) is 0 Å². The molecule has 1 amide bonds. The maximum atomic E-state index is 12.2. The molecule has 0 saturated carbocycles. The van der Waals surface area contributed by atoms with E-state index in [1.807, 2.05) is 25.7 Å². The summed E-state index contributed by atoms with van der Waals surface area (Å²) in [5.41, 5.74) is 1.67. The lowest BCUT2D eigenvalue weighted by Gasteiger charge is -2.37. The Balaban J connectivity index is 2.18. The zero-order valence-corrected chi connectivity index (χ0v) is 16.2. The van der Waals surface area contributed by atoms with Crippen molar-refractivity contribution in [2.75, 3.05) is 31.1 Å². The van der Waals surface area contributed by atoms with E-state index in [2.05, 4.69) is 0 Å². The molecule has 0 aliphatic carbocycles. The molecule has 1 heterocycles. The van der Waals surface area contributed by atoms with Crippen LogP contribution in [0.15, 0.2) is 12.1 Å². The number of benzene rings is 1. The van der Waals surface area contributed by atoms with Crippen LogP contribution in [0.2, 0.25) is 0 Å². The summed E-state index contributed by atoms with van der Waals surface area (Å²) in [5, 5.41) is 28.3. The average molecular weight is 378 g/mol. The molecule has 0 unspecified atom stereocenters. The van der Waals surface area contributed by atoms with Crippen LogP contribution < -0.4 is 10.4 Å². The van der Waals surface area contributed by atoms with Crippen molar-refractivity contribution in [1.82, 2.24) is 4.90 Å². The van der Waals surface area contributed by atoms with Gasteiger partial charge in [0.05, 0.1) is 6.42 Å². The maximum Gasteiger partial charge on any atom is 0.488 e. The summed E-state index contributed by atoms with van der Waals surface area (Å²) in [6, 6.07) is 3.27. The van der Waals surface area contributed by atoms with Crippen LogP contribution in [0.3, 0.4) is 0 Å². The molecule has 0 bridgehead atoms. The summed E-state index contributed by atoms with van der Waals surface area (Å²) >= 11 is 0. The highest BCUT2D eigenvalue weighted by atomic mass is 16.6. The van der Waals surface area contributed by atoms with Crippen molar-refractivity contribution >= 4 is 30.3 Å². The van der Waals surface area contributed by atoms with Crippen molar-refractivity contribution in [3.05, 3.63) is 23.3 Å². The predicted octanol–water partition coefficient (Wildman–Crippen LogP) is 0.359. The van der Waals surface area contributed by atoms with E-state index in [1.165, 1.54) is 6.07 Å². The second kappa shape index (κ2) is 8.18. The highest BCUT2D eigenvalue weighted by Crippen LogP contribution is 2.23. The molecule has 0 radical (unpaired) electrons. The van der Waals surface area contributed by atoms with Crippen molar-refractivity contribution in [2.24, 2.45) is 0 Å². The van der Waals surface area contributed by atoms with Gasteiger partial charge in [0.25, 0.3) is 0 Å². The normalized spacial score (nSPS) is 14.9. The van der Waals surface area contributed by atoms with Crippen LogP contribution in [0.1, 0.15) is 31.9 Å². The number of carbonyl (C=O) groups excluding carboxylic acids is 1. The minimum atomic E-state index is -1.68. The lowest BCUT2D eigenvalue weighted by molar-refractivity contribution is -0.136. The summed E-state index contributed by atoms with van der Waals surface area (Å²) in [7, 11) is -1.68. The lowest BCUT2D eigenvalue weighted by Crippen LogP contribution is -2.50. The fraction of sp³-hybridized carbons (Fsp3) is 0.556. The Morgan fingerprint density at radius 3 is 2.22 bits per heavy atom. The molecular weight excluding hydrogens is 351 g/mol. The summed E-state index contributed by atoms with van der Waals surface area (Å²) < 4.78 is 5.39. The fourth-order valence-electron chi connectivity index (χ4n) is 3.11. The number of aliphatic carboxylic acids is 1. The first-order valence-electron chi connectivity index (χ1n) is 8.92. The molecule has 8 nitrogen and oxygen atoms in total. The summed E-state index contributed by atoms with van der Waals surface area (Å²) in [6.45, 7) is 9.24. The first-order valence-corrected chi connectivity index (χ1v) is 8.92. The van der Waals surface area contributed by atoms with Crippen LogP contribution >= 0.6 is 0 Å². The SMILES string of the molecule is Cc1c(B(O)O)cc(CC(=O)O)cc1N1CCN(C(=O)OC(C)(C)C)CC1. The second-order valence-electron chi connectivity index (χ2n) is 7.73. The number of rotatable bonds is 4. The van der Waals surface area contributed by atoms with E-state index in [-0.39, 0.29) is 12.5 Å². The maximum absolute atomic E-state index is 12.2. The minimum Gasteiger partial charge on any atom is -0.481 e. The van der Waals surface area contributed by atoms with Gasteiger partial charge in [0.15, 0.2) is 0 Å². The number of nitrogens with zero attached hydrogens (tertiary/aromatic N) is 2. The predicted molar refractivity (Wildman–Crippen MR) is 102 cm³/mol. The Hall–Kier alpha value is -2.26. The monoisotopic (exact) mass is 378 g/mol. The third kappa shape index (κ3) is 5.61. The zero-order chi connectivity index (χ0) is 20.4. The molecule has 1 fully saturated rings. The lowest BCUT2D eigenvalue weighted by atomic mass is 9.75. The van der Waals surface area contributed by atoms with Gasteiger partial charge < -0.3 is 29.7 Å². The van der Waals surface area contributed by atoms with Gasteiger partial charge >= 0.3 is 19.2 Å². The van der Waals surface area contributed by atoms with Gasteiger partial charge in [-0.05, 0) is 50.4 Å². The Kier molecular flexibility index (Phi) is 6.38. The largest absolute Gasteiger partial charge is 0.488 e. The van der Waals surface area contributed by atoms with E-state index >= 15 is 0 Å². The van der Waals surface area contributed by atoms with Crippen LogP contribution in [0, 0.1) is 6.92 Å². The molecule has 0 atom stereocenters. The Morgan fingerprint density at radius 2 is 1.74 bits per heavy atom. The molecule has 1 aliphatic heterocycles. The van der Waals surface area contributed by atoms with Crippen molar-refractivity contribution in [3.63, 3.8) is 0 Å². The first-order chi connectivity index (χ1) is 12.5. The van der Waals surface area contributed by atoms with Gasteiger partial charge in [0.2, 0.25) is 0 Å². The van der Waals surface area contributed by atoms with E-state index in [4.69, 9.17) is 9.84 Å². The van der Waals surface area contributed by atoms with Crippen molar-refractivity contribution in [1.29, 1.82) is 0 Å². The molecule has 27 heavy (non-hydrogen) atoms. The van der Waals surface area contributed by atoms with Gasteiger partial charge in [-0.1, -0.05) is 6.07 Å². The van der Waals surface area contributed by atoms with E-state index in [9.17, 15) is 19.6 Å². The number of hydrogen-bond acceptors (Lipinski definition) is 6. The average Bonchev–Trinajstić information content (AvgIpc) is 2.54. The van der Waals surface area contributed by atoms with Crippen molar-refractivity contribution < 1.29 is 29.5 Å². The number of amides is 1. The van der Waals surface area contributed by atoms with E-state index in [1.54, 1.807) is 17.9 Å². The van der Waals surface area contributed by atoms with Gasteiger partial charge in [0, 0.05) is 31.9 Å². The minimum absolute atomic E-state index is 0.203. The summed E-state index contributed by atoms with van der Waals surface area (Å²) in [6.07, 6.45) is -0.560. The fourth-order valence-corrected chi connectivity index (χ4v) is 3.11. The highest BCUT2D eigenvalue weighted by Gasteiger charge is 2.28. The molecule has 1 aromatic rings. The number of anilines is 1. The summed E-state index contributed by atoms with van der Waals surface area (Å²) in [5.74, 6) is -0.988. The third-order valence-electron chi connectivity index (χ3n) is 4.39. The van der Waals surface area contributed by atoms with Crippen LogP contribution in [0.5, 0.6) is 0 Å². The molecular formula is C18H27BN2O6. The molecule has 1 saturated heterocycles. The third-order valence-corrected chi connectivity index (χ3v) is 4.39. The first kappa shape index (κ1) is 21.0. The number of piperazine rings is 1. The number of ether oxygens (including phenoxy) is 1. The van der Waals surface area contributed by atoms with Gasteiger partial charge in [-0.3, -0.25) is 4.79 Å². The molecule has 148 valence electrons. The highest BCUT2D eigenvalue weighted by molar-refractivity contribution is 6.59. The molecule has 3 N–H and O–H groups in total. The number of carboxylic acid groups (broad SMARTS) is 1. The quantitative estimate of drug-likeness (QED) is 0.649. The summed E-state index contributed by atoms with van der Waals surface area (Å²) in [4.78, 5) is 26.9. The van der Waals surface area contributed by atoms with Gasteiger partial charge in [-0.25, -0.2) is 4.79 Å². The van der Waals surface area contributed by atoms with Crippen LogP contribution in [-0.4, -0.2) is 71.0 Å². The second-order valence-corrected chi connectivity index (χ2v) is 7.73. The van der Waals surface area contributed by atoms with Crippen LogP contribution in [0.25, 0.3) is 0 Å². The number of carboxylic acids is 1. The Morgan fingerprint density at radius 1 is 1.15 bits per heavy atom. The molecule has 2 rings (SSSR count). The number of carbonyl (C=O) groups is 2. The van der Waals surface area contributed by atoms with Crippen molar-refractivity contribution in [3.8, 4) is 0 Å². The molecule has 1 aliphatic rings. The molecule has 0 spiro atoms. The Bertz CT molecular complexity index is 709. The topological polar surface area (TPSA) is 111 Å². The standard InChI is InChI=1S/C18H27BN2O6/c1-12-14(19(25)26)9-13(11-16(22)23)10-15(12)20-5-7-21(8-6-20)17(24)27-18(2,3)4/h9-10,25-26H,5-8,11H2,1-4H3,(H,22,23). The van der Waals surface area contributed by atoms with E-state index < -0.39 is 18.7 Å². The molecule has 9 heteroatoms. The van der Waals surface area contributed by atoms with E-state index in [0.29, 0.717) is 42.8 Å². The number of hydrogen-bond donors (Lipinski definition) is 3. The zero-order valence-electron chi connectivity index (χ0n) is 16.2. The van der Waals surface area contributed by atoms with Gasteiger partial charge in [-0.15, -0.1) is 0 Å². The molecule has 0 aromatic heterocycles. The molecule has 1 aromatic carbocycles. The Labute approximate surface area is 159 Å². The van der Waals surface area contributed by atoms with Crippen LogP contribution in [0.4, 0.5) is 10.5 Å². The van der Waals surface area contributed by atoms with Crippen molar-refractivity contribution in [2.45, 2.75) is 39.7 Å². The van der Waals surface area contributed by atoms with Gasteiger partial charge in [0.1, 0.15) is 5.60 Å².